The van der Waals surface area contributed by atoms with Gasteiger partial charge in [0.1, 0.15) is 5.82 Å². The quantitative estimate of drug-likeness (QED) is 0.597. The van der Waals surface area contributed by atoms with Gasteiger partial charge in [-0.2, -0.15) is 23.4 Å². The SMILES string of the molecule is Cc1nn(C)c(C)c1CN(C)C(=O)c1cc2n(n1)[C@H](C(F)(F)F)C[C@@H](c1ccc3c(c1)OCO3)N2. The maximum Gasteiger partial charge on any atom is 0.410 e. The van der Waals surface area contributed by atoms with Gasteiger partial charge in [0.15, 0.2) is 23.2 Å². The summed E-state index contributed by atoms with van der Waals surface area (Å²) in [6.45, 7) is 4.09. The number of carbonyl (C=O) groups is 1. The topological polar surface area (TPSA) is 86.4 Å². The zero-order valence-corrected chi connectivity index (χ0v) is 19.7. The Bertz CT molecular complexity index is 1300. The number of ether oxygens (including phenoxy) is 2. The van der Waals surface area contributed by atoms with E-state index in [9.17, 15) is 18.0 Å². The minimum Gasteiger partial charge on any atom is -0.454 e. The van der Waals surface area contributed by atoms with E-state index < -0.39 is 24.2 Å². The van der Waals surface area contributed by atoms with E-state index in [4.69, 9.17) is 9.47 Å². The third kappa shape index (κ3) is 4.06. The maximum absolute atomic E-state index is 14.0. The van der Waals surface area contributed by atoms with Crippen LogP contribution in [-0.2, 0) is 13.6 Å². The first kappa shape index (κ1) is 23.1. The summed E-state index contributed by atoms with van der Waals surface area (Å²) >= 11 is 0. The lowest BCUT2D eigenvalue weighted by molar-refractivity contribution is -0.173. The number of anilines is 1. The van der Waals surface area contributed by atoms with Crippen LogP contribution in [0.4, 0.5) is 19.0 Å². The number of carbonyl (C=O) groups excluding carboxylic acids is 1. The van der Waals surface area contributed by atoms with Crippen molar-refractivity contribution in [2.24, 2.45) is 7.05 Å². The Morgan fingerprint density at radius 2 is 1.94 bits per heavy atom. The third-order valence-corrected chi connectivity index (χ3v) is 6.61. The van der Waals surface area contributed by atoms with Gasteiger partial charge in [0.05, 0.1) is 11.7 Å². The second kappa shape index (κ2) is 8.21. The van der Waals surface area contributed by atoms with Gasteiger partial charge in [-0.3, -0.25) is 9.48 Å². The van der Waals surface area contributed by atoms with Crippen LogP contribution in [0.25, 0.3) is 0 Å². The smallest absolute Gasteiger partial charge is 0.410 e. The van der Waals surface area contributed by atoms with E-state index in [-0.39, 0.29) is 31.3 Å². The highest BCUT2D eigenvalue weighted by Gasteiger charge is 2.47. The van der Waals surface area contributed by atoms with Gasteiger partial charge >= 0.3 is 6.18 Å². The number of nitrogens with one attached hydrogen (secondary N) is 1. The summed E-state index contributed by atoms with van der Waals surface area (Å²) in [5, 5.41) is 11.5. The fourth-order valence-electron chi connectivity index (χ4n) is 4.58. The number of halogens is 3. The number of aryl methyl sites for hydroxylation is 2. The van der Waals surface area contributed by atoms with Crippen LogP contribution < -0.4 is 14.8 Å². The zero-order valence-electron chi connectivity index (χ0n) is 19.7. The number of aromatic nitrogens is 4. The summed E-state index contributed by atoms with van der Waals surface area (Å²) in [4.78, 5) is 14.5. The molecular weight excluding hydrogens is 465 g/mol. The molecule has 0 saturated heterocycles. The standard InChI is InChI=1S/C23H25F3N6O3/c1-12-15(13(2)31(4)28-12)10-30(3)22(33)17-9-21-27-16(8-20(23(24,25)26)32(21)29-17)14-5-6-18-19(7-14)35-11-34-18/h5-7,9,16,20,27H,8,10-11H2,1-4H3/t16-,20-/m0/s1. The molecule has 12 heteroatoms. The van der Waals surface area contributed by atoms with Crippen LogP contribution >= 0.6 is 0 Å². The van der Waals surface area contributed by atoms with Gasteiger partial charge in [-0.1, -0.05) is 6.07 Å². The number of benzene rings is 1. The van der Waals surface area contributed by atoms with Crippen molar-refractivity contribution in [2.75, 3.05) is 19.2 Å². The molecule has 0 radical (unpaired) electrons. The van der Waals surface area contributed by atoms with Gasteiger partial charge < -0.3 is 19.7 Å². The number of alkyl halides is 3. The highest BCUT2D eigenvalue weighted by atomic mass is 19.4. The molecule has 0 spiro atoms. The van der Waals surface area contributed by atoms with Crippen LogP contribution in [0.3, 0.4) is 0 Å². The average Bonchev–Trinajstić information content (AvgIpc) is 3.50. The second-order valence-corrected chi connectivity index (χ2v) is 8.90. The lowest BCUT2D eigenvalue weighted by atomic mass is 9.96. The van der Waals surface area contributed by atoms with E-state index in [0.29, 0.717) is 17.1 Å². The van der Waals surface area contributed by atoms with Crippen molar-refractivity contribution in [3.8, 4) is 11.5 Å². The predicted octanol–water partition coefficient (Wildman–Crippen LogP) is 3.89. The molecule has 9 nitrogen and oxygen atoms in total. The van der Waals surface area contributed by atoms with Gasteiger partial charge in [-0.25, -0.2) is 4.68 Å². The average molecular weight is 490 g/mol. The van der Waals surface area contributed by atoms with Crippen molar-refractivity contribution in [3.63, 3.8) is 0 Å². The molecule has 0 bridgehead atoms. The van der Waals surface area contributed by atoms with E-state index in [1.54, 1.807) is 29.9 Å². The molecule has 2 aromatic heterocycles. The summed E-state index contributed by atoms with van der Waals surface area (Å²) in [5.74, 6) is 0.700. The third-order valence-electron chi connectivity index (χ3n) is 6.61. The number of amides is 1. The molecule has 0 unspecified atom stereocenters. The van der Waals surface area contributed by atoms with E-state index >= 15 is 0 Å². The van der Waals surface area contributed by atoms with Crippen molar-refractivity contribution in [1.29, 1.82) is 0 Å². The molecule has 1 N–H and O–H groups in total. The Hall–Kier alpha value is -3.70. The largest absolute Gasteiger partial charge is 0.454 e. The number of rotatable bonds is 4. The number of hydrogen-bond acceptors (Lipinski definition) is 6. The van der Waals surface area contributed by atoms with Crippen molar-refractivity contribution >= 4 is 11.7 Å². The van der Waals surface area contributed by atoms with Crippen molar-refractivity contribution < 1.29 is 27.4 Å². The van der Waals surface area contributed by atoms with Gasteiger partial charge in [0.2, 0.25) is 6.79 Å². The van der Waals surface area contributed by atoms with Gasteiger partial charge in [-0.05, 0) is 31.5 Å². The van der Waals surface area contributed by atoms with Crippen molar-refractivity contribution in [2.45, 2.75) is 45.1 Å². The van der Waals surface area contributed by atoms with E-state index in [1.165, 1.54) is 11.0 Å². The van der Waals surface area contributed by atoms with Gasteiger partial charge in [0, 0.05) is 44.4 Å². The Labute approximate surface area is 199 Å². The van der Waals surface area contributed by atoms with Crippen LogP contribution in [0.2, 0.25) is 0 Å². The highest BCUT2D eigenvalue weighted by Crippen LogP contribution is 2.45. The lowest BCUT2D eigenvalue weighted by Gasteiger charge is -2.33. The summed E-state index contributed by atoms with van der Waals surface area (Å²) in [6.07, 6.45) is -4.83. The number of fused-ring (bicyclic) bond motifs is 2. The number of nitrogens with zero attached hydrogens (tertiary/aromatic N) is 5. The first-order chi connectivity index (χ1) is 16.5. The van der Waals surface area contributed by atoms with Crippen molar-refractivity contribution in [1.82, 2.24) is 24.5 Å². The molecule has 4 heterocycles. The summed E-state index contributed by atoms with van der Waals surface area (Å²) < 4.78 is 55.4. The number of hydrogen-bond donors (Lipinski definition) is 1. The Morgan fingerprint density at radius 1 is 1.20 bits per heavy atom. The first-order valence-corrected chi connectivity index (χ1v) is 11.1. The minimum atomic E-state index is -4.55. The Morgan fingerprint density at radius 3 is 2.63 bits per heavy atom. The normalized spacial score (nSPS) is 18.8. The molecule has 3 aromatic rings. The maximum atomic E-state index is 14.0. The zero-order chi connectivity index (χ0) is 25.1. The summed E-state index contributed by atoms with van der Waals surface area (Å²) in [7, 11) is 3.41. The van der Waals surface area contributed by atoms with Crippen LogP contribution in [0.15, 0.2) is 24.3 Å². The van der Waals surface area contributed by atoms with Crippen LogP contribution in [0.5, 0.6) is 11.5 Å². The van der Waals surface area contributed by atoms with Crippen molar-refractivity contribution in [3.05, 3.63) is 52.5 Å². The van der Waals surface area contributed by atoms with Crippen LogP contribution in [0.1, 0.15) is 51.5 Å². The minimum absolute atomic E-state index is 0.0604. The molecule has 1 aromatic carbocycles. The van der Waals surface area contributed by atoms with Crippen LogP contribution in [0, 0.1) is 13.8 Å². The predicted molar refractivity (Wildman–Crippen MR) is 119 cm³/mol. The fourth-order valence-corrected chi connectivity index (χ4v) is 4.58. The van der Waals surface area contributed by atoms with E-state index in [1.807, 2.05) is 20.9 Å². The molecule has 0 fully saturated rings. The lowest BCUT2D eigenvalue weighted by Crippen LogP contribution is -2.35. The molecule has 186 valence electrons. The van der Waals surface area contributed by atoms with E-state index in [0.717, 1.165) is 21.6 Å². The highest BCUT2D eigenvalue weighted by molar-refractivity contribution is 5.93. The molecule has 0 aliphatic carbocycles. The molecule has 5 rings (SSSR count). The molecular formula is C23H25F3N6O3. The van der Waals surface area contributed by atoms with E-state index in [2.05, 4.69) is 15.5 Å². The summed E-state index contributed by atoms with van der Waals surface area (Å²) in [5.41, 5.74) is 3.16. The monoisotopic (exact) mass is 490 g/mol. The van der Waals surface area contributed by atoms with Crippen LogP contribution in [-0.4, -0.2) is 50.4 Å². The van der Waals surface area contributed by atoms with Gasteiger partial charge in [0.25, 0.3) is 5.91 Å². The molecule has 2 atom stereocenters. The Balaban J connectivity index is 1.43. The molecule has 2 aliphatic heterocycles. The molecule has 2 aliphatic rings. The fraction of sp³-hybridized carbons (Fsp3) is 0.435. The Kier molecular flexibility index (Phi) is 5.41. The van der Waals surface area contributed by atoms with Gasteiger partial charge in [-0.15, -0.1) is 0 Å². The molecule has 1 amide bonds. The summed E-state index contributed by atoms with van der Waals surface area (Å²) in [6, 6.07) is 3.91. The second-order valence-electron chi connectivity index (χ2n) is 8.90. The first-order valence-electron chi connectivity index (χ1n) is 11.1. The molecule has 35 heavy (non-hydrogen) atoms. The molecule has 0 saturated carbocycles.